The summed E-state index contributed by atoms with van der Waals surface area (Å²) in [6, 6.07) is 13.7. The fourth-order valence-corrected chi connectivity index (χ4v) is 5.62. The van der Waals surface area contributed by atoms with Gasteiger partial charge in [-0.2, -0.15) is 13.2 Å². The zero-order valence-electron chi connectivity index (χ0n) is 21.2. The van der Waals surface area contributed by atoms with Crippen LogP contribution in [0.15, 0.2) is 64.6 Å². The number of amides is 2. The molecule has 5 rings (SSSR count). The van der Waals surface area contributed by atoms with Crippen molar-refractivity contribution in [2.45, 2.75) is 38.0 Å². The van der Waals surface area contributed by atoms with Crippen molar-refractivity contribution in [2.24, 2.45) is 10.9 Å². The number of ether oxygens (including phenoxy) is 1. The Bertz CT molecular complexity index is 1590. The number of nitrogens with zero attached hydrogens (tertiary/aromatic N) is 2. The molecule has 1 saturated carbocycles. The fourth-order valence-electron chi connectivity index (χ4n) is 4.62. The van der Waals surface area contributed by atoms with Crippen molar-refractivity contribution in [2.75, 3.05) is 5.32 Å². The number of amidine groups is 1. The minimum Gasteiger partial charge on any atom is -0.445 e. The molecule has 1 saturated heterocycles. The minimum absolute atomic E-state index is 0.180. The highest BCUT2D eigenvalue weighted by atomic mass is 35.5. The number of anilines is 1. The van der Waals surface area contributed by atoms with E-state index in [4.69, 9.17) is 11.6 Å². The van der Waals surface area contributed by atoms with Crippen LogP contribution in [0.5, 0.6) is 0 Å². The Balaban J connectivity index is 1.32. The molecule has 2 N–H and O–H groups in total. The van der Waals surface area contributed by atoms with E-state index in [9.17, 15) is 27.6 Å². The van der Waals surface area contributed by atoms with E-state index in [0.29, 0.717) is 17.7 Å². The smallest absolute Gasteiger partial charge is 0.445 e. The van der Waals surface area contributed by atoms with Crippen LogP contribution in [-0.2, 0) is 19.1 Å². The Hall–Kier alpha value is -3.90. The quantitative estimate of drug-likeness (QED) is 0.250. The van der Waals surface area contributed by atoms with Crippen molar-refractivity contribution in [1.29, 1.82) is 0 Å². The molecule has 2 aliphatic rings. The summed E-state index contributed by atoms with van der Waals surface area (Å²) < 4.78 is 43.1. The van der Waals surface area contributed by atoms with Crippen LogP contribution in [-0.4, -0.2) is 40.2 Å². The van der Waals surface area contributed by atoms with Gasteiger partial charge in [0.25, 0.3) is 11.8 Å². The number of hydrogen-bond donors (Lipinski definition) is 2. The fraction of sp³-hybridized carbons (Fsp3) is 0.250. The van der Waals surface area contributed by atoms with Gasteiger partial charge < -0.3 is 15.4 Å². The standard InChI is InChI=1S/C28H22ClF3N4O4S/c29-19-9-8-18(34-25(38)23(16-4-1-2-5-16)40-26(39)28(30,31)32)14-21(19)35-27-36-24(37)22(41-27)13-15-7-10-20-17(12-15)6-3-11-33-20/h3,6-14,16,23H,1-2,4-5H2,(H,34,38)(H,35,36,37). The van der Waals surface area contributed by atoms with Gasteiger partial charge in [0, 0.05) is 23.2 Å². The Morgan fingerprint density at radius 2 is 1.95 bits per heavy atom. The largest absolute Gasteiger partial charge is 0.490 e. The summed E-state index contributed by atoms with van der Waals surface area (Å²) >= 11 is 7.40. The molecule has 2 amide bonds. The third-order valence-electron chi connectivity index (χ3n) is 6.56. The molecule has 3 aromatic rings. The van der Waals surface area contributed by atoms with E-state index in [-0.39, 0.29) is 27.5 Å². The molecule has 13 heteroatoms. The second kappa shape index (κ2) is 11.9. The van der Waals surface area contributed by atoms with Gasteiger partial charge in [-0.25, -0.2) is 9.79 Å². The summed E-state index contributed by atoms with van der Waals surface area (Å²) in [4.78, 5) is 46.1. The first-order valence-corrected chi connectivity index (χ1v) is 13.8. The van der Waals surface area contributed by atoms with Gasteiger partial charge in [-0.1, -0.05) is 36.6 Å². The Morgan fingerprint density at radius 3 is 2.71 bits per heavy atom. The molecule has 0 radical (unpaired) electrons. The van der Waals surface area contributed by atoms with Gasteiger partial charge in [0.2, 0.25) is 0 Å². The highest BCUT2D eigenvalue weighted by molar-refractivity contribution is 8.18. The van der Waals surface area contributed by atoms with Gasteiger partial charge in [0.05, 0.1) is 21.1 Å². The second-order valence-electron chi connectivity index (χ2n) is 9.46. The molecule has 8 nitrogen and oxygen atoms in total. The third-order valence-corrected chi connectivity index (χ3v) is 7.79. The van der Waals surface area contributed by atoms with Crippen molar-refractivity contribution >= 4 is 74.7 Å². The molecule has 2 aromatic carbocycles. The molecule has 1 aromatic heterocycles. The topological polar surface area (TPSA) is 110 Å². The van der Waals surface area contributed by atoms with Crippen LogP contribution >= 0.6 is 23.4 Å². The van der Waals surface area contributed by atoms with Gasteiger partial charge in [-0.15, -0.1) is 0 Å². The number of thioether (sulfide) groups is 1. The first-order chi connectivity index (χ1) is 19.6. The number of pyridine rings is 1. The highest BCUT2D eigenvalue weighted by Gasteiger charge is 2.45. The van der Waals surface area contributed by atoms with Crippen molar-refractivity contribution in [3.63, 3.8) is 0 Å². The van der Waals surface area contributed by atoms with Gasteiger partial charge in [0.15, 0.2) is 11.3 Å². The predicted molar refractivity (Wildman–Crippen MR) is 151 cm³/mol. The lowest BCUT2D eigenvalue weighted by Gasteiger charge is -2.23. The van der Waals surface area contributed by atoms with E-state index in [1.165, 1.54) is 18.2 Å². The molecule has 41 heavy (non-hydrogen) atoms. The normalized spacial score (nSPS) is 18.6. The van der Waals surface area contributed by atoms with E-state index in [1.54, 1.807) is 12.3 Å². The number of aliphatic imine (C=N–C) groups is 1. The molecule has 2 fully saturated rings. The lowest BCUT2D eigenvalue weighted by atomic mass is 10.00. The summed E-state index contributed by atoms with van der Waals surface area (Å²) in [5.41, 5.74) is 2.01. The lowest BCUT2D eigenvalue weighted by molar-refractivity contribution is -0.207. The van der Waals surface area contributed by atoms with Crippen LogP contribution in [0.4, 0.5) is 24.5 Å². The number of halogens is 4. The lowest BCUT2D eigenvalue weighted by Crippen LogP contribution is -2.41. The molecule has 1 aliphatic carbocycles. The maximum Gasteiger partial charge on any atom is 0.490 e. The van der Waals surface area contributed by atoms with Crippen molar-refractivity contribution in [3.8, 4) is 0 Å². The third kappa shape index (κ3) is 6.88. The Kier molecular flexibility index (Phi) is 8.32. The Morgan fingerprint density at radius 1 is 1.17 bits per heavy atom. The van der Waals surface area contributed by atoms with Gasteiger partial charge >= 0.3 is 12.1 Å². The van der Waals surface area contributed by atoms with Gasteiger partial charge in [0.1, 0.15) is 0 Å². The Labute approximate surface area is 241 Å². The highest BCUT2D eigenvalue weighted by Crippen LogP contribution is 2.35. The summed E-state index contributed by atoms with van der Waals surface area (Å²) in [5, 5.41) is 6.56. The average molecular weight is 603 g/mol. The molecule has 212 valence electrons. The van der Waals surface area contributed by atoms with E-state index in [1.807, 2.05) is 30.3 Å². The summed E-state index contributed by atoms with van der Waals surface area (Å²) in [6.07, 6.45) is -1.03. The first-order valence-electron chi connectivity index (χ1n) is 12.6. The molecular weight excluding hydrogens is 581 g/mol. The monoisotopic (exact) mass is 602 g/mol. The molecule has 1 aliphatic heterocycles. The van der Waals surface area contributed by atoms with Crippen LogP contribution < -0.4 is 10.6 Å². The van der Waals surface area contributed by atoms with Crippen LogP contribution in [0.1, 0.15) is 31.2 Å². The second-order valence-corrected chi connectivity index (χ2v) is 10.9. The van der Waals surface area contributed by atoms with Crippen LogP contribution in [0.2, 0.25) is 5.02 Å². The van der Waals surface area contributed by atoms with E-state index >= 15 is 0 Å². The number of nitrogens with one attached hydrogen (secondary N) is 2. The number of hydrogen-bond acceptors (Lipinski definition) is 7. The van der Waals surface area contributed by atoms with Gasteiger partial charge in [-0.05, 0) is 72.6 Å². The van der Waals surface area contributed by atoms with Crippen molar-refractivity contribution < 1.29 is 32.3 Å². The number of carbonyl (C=O) groups is 3. The number of carbonyl (C=O) groups excluding carboxylic acids is 3. The number of benzene rings is 2. The van der Waals surface area contributed by atoms with E-state index in [2.05, 4.69) is 25.3 Å². The van der Waals surface area contributed by atoms with Crippen LogP contribution in [0.3, 0.4) is 0 Å². The maximum atomic E-state index is 12.9. The number of fused-ring (bicyclic) bond motifs is 1. The molecule has 0 bridgehead atoms. The number of rotatable bonds is 6. The van der Waals surface area contributed by atoms with Crippen LogP contribution in [0.25, 0.3) is 17.0 Å². The van der Waals surface area contributed by atoms with E-state index in [0.717, 1.165) is 41.1 Å². The van der Waals surface area contributed by atoms with Gasteiger partial charge in [-0.3, -0.25) is 14.6 Å². The maximum absolute atomic E-state index is 12.9. The van der Waals surface area contributed by atoms with Crippen LogP contribution in [0, 0.1) is 5.92 Å². The number of alkyl halides is 3. The van der Waals surface area contributed by atoms with E-state index < -0.39 is 30.1 Å². The zero-order chi connectivity index (χ0) is 29.1. The number of aromatic nitrogens is 1. The zero-order valence-corrected chi connectivity index (χ0v) is 22.8. The molecule has 2 heterocycles. The number of esters is 1. The molecular formula is C28H22ClF3N4O4S. The van der Waals surface area contributed by atoms with Crippen molar-refractivity contribution in [1.82, 2.24) is 10.3 Å². The van der Waals surface area contributed by atoms with Crippen molar-refractivity contribution in [3.05, 3.63) is 70.2 Å². The SMILES string of the molecule is O=C1NC(=Nc2cc(NC(=O)C(OC(=O)C(F)(F)F)C3CCCC3)ccc2Cl)SC1=Cc1ccc2ncccc2c1. The minimum atomic E-state index is -5.22. The average Bonchev–Trinajstić information content (AvgIpc) is 3.58. The molecule has 1 atom stereocenters. The predicted octanol–water partition coefficient (Wildman–Crippen LogP) is 6.38. The first kappa shape index (κ1) is 28.6. The molecule has 0 spiro atoms. The summed E-state index contributed by atoms with van der Waals surface area (Å²) in [5.74, 6) is -4.17. The summed E-state index contributed by atoms with van der Waals surface area (Å²) in [7, 11) is 0. The summed E-state index contributed by atoms with van der Waals surface area (Å²) in [6.45, 7) is 0. The molecule has 1 unspecified atom stereocenters.